The summed E-state index contributed by atoms with van der Waals surface area (Å²) < 4.78 is 0. The fraction of sp³-hybridized carbons (Fsp3) is 0.533. The molecule has 1 aromatic rings. The molecule has 3 nitrogen and oxygen atoms in total. The van der Waals surface area contributed by atoms with Crippen LogP contribution in [0.2, 0.25) is 0 Å². The molecule has 1 aliphatic rings. The van der Waals surface area contributed by atoms with E-state index in [0.29, 0.717) is 11.5 Å². The number of Topliss-reactive ketones (excluding diaryl/α,β-unsaturated/α-hetero) is 1. The molecule has 0 heterocycles. The van der Waals surface area contributed by atoms with Crippen LogP contribution in [0.25, 0.3) is 0 Å². The van der Waals surface area contributed by atoms with E-state index in [4.69, 9.17) is 5.73 Å². The number of benzene rings is 1. The maximum absolute atomic E-state index is 11.7. The van der Waals surface area contributed by atoms with E-state index in [-0.39, 0.29) is 12.3 Å². The Morgan fingerprint density at radius 3 is 2.39 bits per heavy atom. The molecular weight excluding hydrogens is 226 g/mol. The number of rotatable bonds is 4. The minimum absolute atomic E-state index is 0.0246. The van der Waals surface area contributed by atoms with Gasteiger partial charge in [0.15, 0.2) is 5.78 Å². The molecule has 2 rings (SSSR count). The maximum Gasteiger partial charge on any atom is 0.192 e. The SMILES string of the molecule is NCC(O)C(=O)c1ccc(C2CCCCC2)cc1. The highest BCUT2D eigenvalue weighted by atomic mass is 16.3. The quantitative estimate of drug-likeness (QED) is 0.802. The highest BCUT2D eigenvalue weighted by Gasteiger charge is 2.18. The molecule has 1 aromatic carbocycles. The van der Waals surface area contributed by atoms with Gasteiger partial charge in [-0.25, -0.2) is 0 Å². The Morgan fingerprint density at radius 2 is 1.83 bits per heavy atom. The van der Waals surface area contributed by atoms with Crippen molar-refractivity contribution in [2.24, 2.45) is 5.73 Å². The van der Waals surface area contributed by atoms with Crippen molar-refractivity contribution >= 4 is 5.78 Å². The molecule has 0 bridgehead atoms. The predicted octanol–water partition coefficient (Wildman–Crippen LogP) is 2.24. The summed E-state index contributed by atoms with van der Waals surface area (Å²) >= 11 is 0. The summed E-state index contributed by atoms with van der Waals surface area (Å²) in [6, 6.07) is 7.66. The Hall–Kier alpha value is -1.19. The number of nitrogens with two attached hydrogens (primary N) is 1. The van der Waals surface area contributed by atoms with Crippen molar-refractivity contribution in [2.45, 2.75) is 44.1 Å². The zero-order valence-corrected chi connectivity index (χ0v) is 10.6. The van der Waals surface area contributed by atoms with E-state index in [1.54, 1.807) is 0 Å². The summed E-state index contributed by atoms with van der Waals surface area (Å²) in [6.07, 6.45) is 5.37. The summed E-state index contributed by atoms with van der Waals surface area (Å²) in [5.41, 5.74) is 7.15. The topological polar surface area (TPSA) is 63.3 Å². The van der Waals surface area contributed by atoms with Crippen LogP contribution in [0, 0.1) is 0 Å². The first-order valence-corrected chi connectivity index (χ1v) is 6.74. The molecule has 0 radical (unpaired) electrons. The first kappa shape index (κ1) is 13.2. The Labute approximate surface area is 108 Å². The third-order valence-corrected chi connectivity index (χ3v) is 3.80. The molecule has 0 aromatic heterocycles. The van der Waals surface area contributed by atoms with Gasteiger partial charge in [0.2, 0.25) is 0 Å². The Morgan fingerprint density at radius 1 is 1.22 bits per heavy atom. The van der Waals surface area contributed by atoms with E-state index in [1.807, 2.05) is 24.3 Å². The third kappa shape index (κ3) is 2.98. The van der Waals surface area contributed by atoms with Crippen molar-refractivity contribution in [1.29, 1.82) is 0 Å². The van der Waals surface area contributed by atoms with Gasteiger partial charge in [0, 0.05) is 12.1 Å². The van der Waals surface area contributed by atoms with Gasteiger partial charge >= 0.3 is 0 Å². The molecule has 3 heteroatoms. The van der Waals surface area contributed by atoms with Gasteiger partial charge in [-0.15, -0.1) is 0 Å². The van der Waals surface area contributed by atoms with Crippen LogP contribution in [0.15, 0.2) is 24.3 Å². The van der Waals surface area contributed by atoms with E-state index in [1.165, 1.54) is 37.7 Å². The minimum Gasteiger partial charge on any atom is -0.384 e. The van der Waals surface area contributed by atoms with Gasteiger partial charge in [-0.3, -0.25) is 4.79 Å². The number of carbonyl (C=O) groups excluding carboxylic acids is 1. The van der Waals surface area contributed by atoms with Crippen molar-refractivity contribution in [1.82, 2.24) is 0 Å². The molecule has 1 unspecified atom stereocenters. The molecule has 18 heavy (non-hydrogen) atoms. The number of hydrogen-bond donors (Lipinski definition) is 2. The Balaban J connectivity index is 2.07. The normalized spacial score (nSPS) is 18.6. The molecule has 0 spiro atoms. The molecule has 0 aliphatic heterocycles. The first-order valence-electron chi connectivity index (χ1n) is 6.74. The van der Waals surface area contributed by atoms with Gasteiger partial charge in [-0.2, -0.15) is 0 Å². The van der Waals surface area contributed by atoms with Crippen LogP contribution in [-0.2, 0) is 0 Å². The lowest BCUT2D eigenvalue weighted by Gasteiger charge is -2.22. The maximum atomic E-state index is 11.7. The van der Waals surface area contributed by atoms with E-state index < -0.39 is 6.10 Å². The minimum atomic E-state index is -1.08. The van der Waals surface area contributed by atoms with Crippen molar-refractivity contribution < 1.29 is 9.90 Å². The second kappa shape index (κ2) is 6.12. The number of aliphatic hydroxyl groups is 1. The average molecular weight is 247 g/mol. The molecule has 0 saturated heterocycles. The van der Waals surface area contributed by atoms with Gasteiger partial charge in [0.25, 0.3) is 0 Å². The van der Waals surface area contributed by atoms with Crippen molar-refractivity contribution in [3.05, 3.63) is 35.4 Å². The zero-order chi connectivity index (χ0) is 13.0. The molecule has 3 N–H and O–H groups in total. The van der Waals surface area contributed by atoms with E-state index >= 15 is 0 Å². The molecule has 1 saturated carbocycles. The zero-order valence-electron chi connectivity index (χ0n) is 10.6. The highest BCUT2D eigenvalue weighted by Crippen LogP contribution is 2.32. The standard InChI is InChI=1S/C15H21NO2/c16-10-14(17)15(18)13-8-6-12(7-9-13)11-4-2-1-3-5-11/h6-9,11,14,17H,1-5,10,16H2. The van der Waals surface area contributed by atoms with Gasteiger partial charge in [0.1, 0.15) is 6.10 Å². The van der Waals surface area contributed by atoms with Crippen LogP contribution in [0.4, 0.5) is 0 Å². The number of aliphatic hydroxyl groups excluding tert-OH is 1. The predicted molar refractivity (Wildman–Crippen MR) is 71.7 cm³/mol. The van der Waals surface area contributed by atoms with Crippen LogP contribution < -0.4 is 5.73 Å². The molecule has 98 valence electrons. The molecule has 1 aliphatic carbocycles. The van der Waals surface area contributed by atoms with Crippen molar-refractivity contribution in [3.8, 4) is 0 Å². The van der Waals surface area contributed by atoms with Crippen molar-refractivity contribution in [2.75, 3.05) is 6.54 Å². The fourth-order valence-electron chi connectivity index (χ4n) is 2.65. The van der Waals surface area contributed by atoms with Gasteiger partial charge in [-0.1, -0.05) is 43.5 Å². The number of ketones is 1. The molecular formula is C15H21NO2. The lowest BCUT2D eigenvalue weighted by atomic mass is 9.84. The van der Waals surface area contributed by atoms with Crippen molar-refractivity contribution in [3.63, 3.8) is 0 Å². The Kier molecular flexibility index (Phi) is 4.50. The third-order valence-electron chi connectivity index (χ3n) is 3.80. The first-order chi connectivity index (χ1) is 8.72. The van der Waals surface area contributed by atoms with E-state index in [2.05, 4.69) is 0 Å². The van der Waals surface area contributed by atoms with Gasteiger partial charge < -0.3 is 10.8 Å². The molecule has 0 amide bonds. The summed E-state index contributed by atoms with van der Waals surface area (Å²) in [6.45, 7) is -0.0246. The monoisotopic (exact) mass is 247 g/mol. The van der Waals surface area contributed by atoms with Crippen LogP contribution in [0.5, 0.6) is 0 Å². The van der Waals surface area contributed by atoms with Crippen LogP contribution in [0.1, 0.15) is 53.9 Å². The Bertz CT molecular complexity index is 393. The highest BCUT2D eigenvalue weighted by molar-refractivity contribution is 5.99. The molecule has 1 fully saturated rings. The lowest BCUT2D eigenvalue weighted by molar-refractivity contribution is 0.0763. The average Bonchev–Trinajstić information content (AvgIpc) is 2.47. The van der Waals surface area contributed by atoms with Crippen LogP contribution in [-0.4, -0.2) is 23.5 Å². The summed E-state index contributed by atoms with van der Waals surface area (Å²) in [4.78, 5) is 11.7. The number of carbonyl (C=O) groups is 1. The van der Waals surface area contributed by atoms with E-state index in [0.717, 1.165) is 0 Å². The second-order valence-electron chi connectivity index (χ2n) is 5.07. The lowest BCUT2D eigenvalue weighted by Crippen LogP contribution is -2.29. The van der Waals surface area contributed by atoms with Crippen LogP contribution in [0.3, 0.4) is 0 Å². The molecule has 1 atom stereocenters. The fourth-order valence-corrected chi connectivity index (χ4v) is 2.65. The van der Waals surface area contributed by atoms with Crippen LogP contribution >= 0.6 is 0 Å². The smallest absolute Gasteiger partial charge is 0.192 e. The second-order valence-corrected chi connectivity index (χ2v) is 5.07. The van der Waals surface area contributed by atoms with E-state index in [9.17, 15) is 9.90 Å². The van der Waals surface area contributed by atoms with Gasteiger partial charge in [0.05, 0.1) is 0 Å². The summed E-state index contributed by atoms with van der Waals surface area (Å²) in [5.74, 6) is 0.357. The van der Waals surface area contributed by atoms with Gasteiger partial charge in [-0.05, 0) is 24.3 Å². The summed E-state index contributed by atoms with van der Waals surface area (Å²) in [7, 11) is 0. The largest absolute Gasteiger partial charge is 0.384 e. The number of hydrogen-bond acceptors (Lipinski definition) is 3. The summed E-state index contributed by atoms with van der Waals surface area (Å²) in [5, 5.41) is 9.42.